The van der Waals surface area contributed by atoms with Crippen molar-refractivity contribution in [3.63, 3.8) is 0 Å². The molecule has 3 N–H and O–H groups in total. The first-order valence-electron chi connectivity index (χ1n) is 10.1. The van der Waals surface area contributed by atoms with Crippen molar-refractivity contribution in [3.05, 3.63) is 83.0 Å². The fraction of sp³-hybridized carbons (Fsp3) is 0.120. The molecule has 0 bridgehead atoms. The number of nitrogen functional groups attached to an aromatic ring is 1. The molecule has 0 atom stereocenters. The molecule has 0 saturated carbocycles. The molecule has 0 aliphatic carbocycles. The maximum atomic E-state index is 10.8. The minimum atomic E-state index is -0.0420. The standard InChI is InChI=1S/C25H22ClN3O4/c1-15-24(33-19-8-5-7-17(12-19)31-2)23(29-25(27)28-15)20-11-10-18(13-22(20)30)32-14-16-6-3-4-9-21(16)26/h3-13,30H,14H2,1-2H3,(H2,27,28,29). The molecule has 0 aliphatic heterocycles. The SMILES string of the molecule is COc1cccc(Oc2c(C)nc(N)nc2-c2ccc(OCc3ccccc3Cl)cc2O)c1. The van der Waals surface area contributed by atoms with Crippen molar-refractivity contribution < 1.29 is 19.3 Å². The highest BCUT2D eigenvalue weighted by atomic mass is 35.5. The molecule has 0 saturated heterocycles. The van der Waals surface area contributed by atoms with Gasteiger partial charge in [-0.25, -0.2) is 9.97 Å². The molecule has 4 rings (SSSR count). The van der Waals surface area contributed by atoms with Crippen molar-refractivity contribution in [3.8, 4) is 40.0 Å². The highest BCUT2D eigenvalue weighted by molar-refractivity contribution is 6.31. The fourth-order valence-corrected chi connectivity index (χ4v) is 3.44. The number of halogens is 1. The smallest absolute Gasteiger partial charge is 0.221 e. The summed E-state index contributed by atoms with van der Waals surface area (Å²) in [6.45, 7) is 2.03. The first kappa shape index (κ1) is 22.2. The van der Waals surface area contributed by atoms with Crippen LogP contribution >= 0.6 is 11.6 Å². The molecule has 8 heteroatoms. The van der Waals surface area contributed by atoms with Crippen molar-refractivity contribution >= 4 is 17.5 Å². The zero-order valence-corrected chi connectivity index (χ0v) is 18.8. The van der Waals surface area contributed by atoms with Gasteiger partial charge in [0.25, 0.3) is 0 Å². The number of ether oxygens (including phenoxy) is 3. The van der Waals surface area contributed by atoms with Gasteiger partial charge in [0.1, 0.15) is 35.3 Å². The summed E-state index contributed by atoms with van der Waals surface area (Å²) < 4.78 is 17.1. The van der Waals surface area contributed by atoms with E-state index in [0.717, 1.165) is 5.56 Å². The Balaban J connectivity index is 1.64. The van der Waals surface area contributed by atoms with Crippen LogP contribution in [-0.4, -0.2) is 22.2 Å². The summed E-state index contributed by atoms with van der Waals surface area (Å²) in [4.78, 5) is 8.54. The van der Waals surface area contributed by atoms with Gasteiger partial charge in [-0.3, -0.25) is 0 Å². The molecule has 7 nitrogen and oxygen atoms in total. The molecule has 3 aromatic carbocycles. The van der Waals surface area contributed by atoms with E-state index in [1.54, 1.807) is 44.4 Å². The number of anilines is 1. The lowest BCUT2D eigenvalue weighted by molar-refractivity contribution is 0.304. The topological polar surface area (TPSA) is 99.7 Å². The summed E-state index contributed by atoms with van der Waals surface area (Å²) in [5.74, 6) is 2.05. The second kappa shape index (κ2) is 9.67. The average Bonchev–Trinajstić information content (AvgIpc) is 2.80. The number of hydrogen-bond acceptors (Lipinski definition) is 7. The van der Waals surface area contributed by atoms with Gasteiger partial charge in [0, 0.05) is 28.3 Å². The Kier molecular flexibility index (Phi) is 6.51. The molecule has 4 aromatic rings. The molecule has 0 spiro atoms. The zero-order valence-electron chi connectivity index (χ0n) is 18.1. The first-order chi connectivity index (χ1) is 15.9. The van der Waals surface area contributed by atoms with Gasteiger partial charge in [-0.15, -0.1) is 0 Å². The van der Waals surface area contributed by atoms with Crippen molar-refractivity contribution in [1.29, 1.82) is 0 Å². The predicted molar refractivity (Wildman–Crippen MR) is 127 cm³/mol. The number of hydrogen-bond donors (Lipinski definition) is 2. The molecule has 0 fully saturated rings. The molecule has 0 amide bonds. The summed E-state index contributed by atoms with van der Waals surface area (Å²) in [6, 6.07) is 19.5. The third kappa shape index (κ3) is 5.10. The molecule has 0 unspecified atom stereocenters. The normalized spacial score (nSPS) is 10.6. The lowest BCUT2D eigenvalue weighted by Crippen LogP contribution is -2.03. The maximum absolute atomic E-state index is 10.8. The number of benzene rings is 3. The fourth-order valence-electron chi connectivity index (χ4n) is 3.25. The number of aromatic hydroxyl groups is 1. The summed E-state index contributed by atoms with van der Waals surface area (Å²) in [5, 5.41) is 11.4. The highest BCUT2D eigenvalue weighted by Crippen LogP contribution is 2.40. The van der Waals surface area contributed by atoms with Crippen molar-refractivity contribution in [2.75, 3.05) is 12.8 Å². The predicted octanol–water partition coefficient (Wildman–Crippen LogP) is 5.77. The number of aromatic nitrogens is 2. The third-order valence-corrected chi connectivity index (χ3v) is 5.26. The monoisotopic (exact) mass is 463 g/mol. The van der Waals surface area contributed by atoms with E-state index in [2.05, 4.69) is 9.97 Å². The van der Waals surface area contributed by atoms with E-state index in [1.165, 1.54) is 6.07 Å². The summed E-state index contributed by atoms with van der Waals surface area (Å²) >= 11 is 6.18. The second-order valence-electron chi connectivity index (χ2n) is 7.19. The third-order valence-electron chi connectivity index (χ3n) is 4.89. The number of phenolic OH excluding ortho intramolecular Hbond substituents is 1. The van der Waals surface area contributed by atoms with Gasteiger partial charge in [0.05, 0.1) is 12.8 Å². The van der Waals surface area contributed by atoms with Crippen LogP contribution in [0.15, 0.2) is 66.7 Å². The highest BCUT2D eigenvalue weighted by Gasteiger charge is 2.19. The molecular formula is C25H22ClN3O4. The average molecular weight is 464 g/mol. The van der Waals surface area contributed by atoms with Gasteiger partial charge in [-0.1, -0.05) is 35.9 Å². The van der Waals surface area contributed by atoms with Crippen LogP contribution in [0.5, 0.6) is 28.7 Å². The Hall–Kier alpha value is -3.97. The molecule has 1 heterocycles. The van der Waals surface area contributed by atoms with E-state index in [9.17, 15) is 5.11 Å². The quantitative estimate of drug-likeness (QED) is 0.358. The van der Waals surface area contributed by atoms with Crippen LogP contribution < -0.4 is 19.9 Å². The second-order valence-corrected chi connectivity index (χ2v) is 7.59. The van der Waals surface area contributed by atoms with Gasteiger partial charge in [0.15, 0.2) is 5.75 Å². The number of nitrogens with two attached hydrogens (primary N) is 1. The van der Waals surface area contributed by atoms with Crippen LogP contribution in [0.3, 0.4) is 0 Å². The Morgan fingerprint density at radius 1 is 0.939 bits per heavy atom. The van der Waals surface area contributed by atoms with Crippen LogP contribution in [0.4, 0.5) is 5.95 Å². The molecular weight excluding hydrogens is 442 g/mol. The van der Waals surface area contributed by atoms with Gasteiger partial charge < -0.3 is 25.1 Å². The molecule has 0 aliphatic rings. The van der Waals surface area contributed by atoms with Crippen LogP contribution in [0, 0.1) is 6.92 Å². The molecule has 1 aromatic heterocycles. The maximum Gasteiger partial charge on any atom is 0.221 e. The van der Waals surface area contributed by atoms with Crippen LogP contribution in [0.25, 0.3) is 11.3 Å². The number of rotatable bonds is 7. The van der Waals surface area contributed by atoms with E-state index in [-0.39, 0.29) is 18.3 Å². The molecule has 0 radical (unpaired) electrons. The van der Waals surface area contributed by atoms with Crippen molar-refractivity contribution in [2.45, 2.75) is 13.5 Å². The Morgan fingerprint density at radius 2 is 1.73 bits per heavy atom. The van der Waals surface area contributed by atoms with Crippen LogP contribution in [-0.2, 0) is 6.61 Å². The van der Waals surface area contributed by atoms with Crippen molar-refractivity contribution in [1.82, 2.24) is 9.97 Å². The van der Waals surface area contributed by atoms with E-state index in [0.29, 0.717) is 45.0 Å². The Morgan fingerprint density at radius 3 is 2.48 bits per heavy atom. The van der Waals surface area contributed by atoms with Gasteiger partial charge >= 0.3 is 0 Å². The lowest BCUT2D eigenvalue weighted by Gasteiger charge is -2.15. The van der Waals surface area contributed by atoms with E-state index in [1.807, 2.05) is 30.3 Å². The number of nitrogens with zero attached hydrogens (tertiary/aromatic N) is 2. The van der Waals surface area contributed by atoms with Gasteiger partial charge in [0.2, 0.25) is 5.95 Å². The Labute approximate surface area is 196 Å². The number of phenols is 1. The lowest BCUT2D eigenvalue weighted by atomic mass is 10.1. The minimum absolute atomic E-state index is 0.0420. The largest absolute Gasteiger partial charge is 0.507 e. The van der Waals surface area contributed by atoms with Crippen molar-refractivity contribution in [2.24, 2.45) is 0 Å². The van der Waals surface area contributed by atoms with Crippen LogP contribution in [0.2, 0.25) is 5.02 Å². The zero-order chi connectivity index (χ0) is 23.4. The number of aryl methyl sites for hydroxylation is 1. The Bertz CT molecular complexity index is 1300. The van der Waals surface area contributed by atoms with E-state index >= 15 is 0 Å². The van der Waals surface area contributed by atoms with Crippen LogP contribution in [0.1, 0.15) is 11.3 Å². The van der Waals surface area contributed by atoms with E-state index in [4.69, 9.17) is 31.5 Å². The summed E-state index contributed by atoms with van der Waals surface area (Å²) in [5.41, 5.74) is 8.05. The molecule has 168 valence electrons. The minimum Gasteiger partial charge on any atom is -0.507 e. The molecule has 33 heavy (non-hydrogen) atoms. The summed E-state index contributed by atoms with van der Waals surface area (Å²) in [6.07, 6.45) is 0. The number of methoxy groups -OCH3 is 1. The summed E-state index contributed by atoms with van der Waals surface area (Å²) in [7, 11) is 1.58. The van der Waals surface area contributed by atoms with Gasteiger partial charge in [-0.2, -0.15) is 0 Å². The first-order valence-corrected chi connectivity index (χ1v) is 10.5. The van der Waals surface area contributed by atoms with E-state index < -0.39 is 0 Å². The van der Waals surface area contributed by atoms with Gasteiger partial charge in [-0.05, 0) is 37.3 Å².